The van der Waals surface area contributed by atoms with Gasteiger partial charge in [-0.2, -0.15) is 0 Å². The number of carbonyl (C=O) groups excluding carboxylic acids is 1. The number of fused-ring (bicyclic) bond motifs is 1. The Kier molecular flexibility index (Phi) is 4.52. The number of nitrogens with zero attached hydrogens (tertiary/aromatic N) is 4. The summed E-state index contributed by atoms with van der Waals surface area (Å²) in [4.78, 5) is 32.7. The lowest BCUT2D eigenvalue weighted by Crippen LogP contribution is -2.33. The molecule has 1 aromatic carbocycles. The Labute approximate surface area is 186 Å². The summed E-state index contributed by atoms with van der Waals surface area (Å²) in [6.45, 7) is 2.07. The highest BCUT2D eigenvalue weighted by Crippen LogP contribution is 2.42. The lowest BCUT2D eigenvalue weighted by Gasteiger charge is -2.27. The Morgan fingerprint density at radius 1 is 1.06 bits per heavy atom. The van der Waals surface area contributed by atoms with Crippen LogP contribution in [0.1, 0.15) is 60.1 Å². The van der Waals surface area contributed by atoms with Crippen LogP contribution in [0.3, 0.4) is 0 Å². The molecule has 0 bridgehead atoms. The molecule has 2 aliphatic heterocycles. The van der Waals surface area contributed by atoms with Crippen molar-refractivity contribution in [1.82, 2.24) is 19.6 Å². The van der Waals surface area contributed by atoms with E-state index in [-0.39, 0.29) is 16.9 Å². The van der Waals surface area contributed by atoms with E-state index in [0.717, 1.165) is 67.9 Å². The number of rotatable bonds is 3. The predicted molar refractivity (Wildman–Crippen MR) is 118 cm³/mol. The first kappa shape index (κ1) is 19.5. The fraction of sp³-hybridized carbons (Fsp3) is 0.440. The summed E-state index contributed by atoms with van der Waals surface area (Å²) in [6.07, 6.45) is 5.73. The number of likely N-dealkylation sites (tertiary alicyclic amines) is 1. The minimum Gasteiger partial charge on any atom is -0.360 e. The molecule has 1 spiro atoms. The molecular formula is C25H26N4O3. The SMILES string of the molecule is O=C(c1cc(C2CC2)on1)N1CCC2(CCc3nc(-c4ccccc4)cc(=O)n3CC2)C1. The minimum absolute atomic E-state index is 0.00651. The van der Waals surface area contributed by atoms with Gasteiger partial charge in [-0.05, 0) is 37.5 Å². The first-order valence-electron chi connectivity index (χ1n) is 11.5. The number of benzene rings is 1. The number of carbonyl (C=O) groups is 1. The van der Waals surface area contributed by atoms with Crippen LogP contribution < -0.4 is 5.56 Å². The maximum Gasteiger partial charge on any atom is 0.276 e. The Bertz CT molecular complexity index is 1230. The van der Waals surface area contributed by atoms with Gasteiger partial charge in [-0.1, -0.05) is 35.5 Å². The van der Waals surface area contributed by atoms with Gasteiger partial charge in [0.25, 0.3) is 11.5 Å². The summed E-state index contributed by atoms with van der Waals surface area (Å²) >= 11 is 0. The van der Waals surface area contributed by atoms with Crippen molar-refractivity contribution in [3.05, 3.63) is 70.1 Å². The third-order valence-electron chi connectivity index (χ3n) is 7.35. The molecule has 4 heterocycles. The Morgan fingerprint density at radius 3 is 2.69 bits per heavy atom. The Hall–Kier alpha value is -3.22. The van der Waals surface area contributed by atoms with Crippen molar-refractivity contribution < 1.29 is 9.32 Å². The van der Waals surface area contributed by atoms with E-state index in [4.69, 9.17) is 9.51 Å². The van der Waals surface area contributed by atoms with Gasteiger partial charge in [-0.15, -0.1) is 0 Å². The van der Waals surface area contributed by atoms with Crippen molar-refractivity contribution >= 4 is 5.91 Å². The van der Waals surface area contributed by atoms with Gasteiger partial charge in [-0.25, -0.2) is 4.98 Å². The van der Waals surface area contributed by atoms with E-state index >= 15 is 0 Å². The summed E-state index contributed by atoms with van der Waals surface area (Å²) < 4.78 is 7.21. The van der Waals surface area contributed by atoms with Crippen molar-refractivity contribution in [2.45, 2.75) is 51.0 Å². The smallest absolute Gasteiger partial charge is 0.276 e. The van der Waals surface area contributed by atoms with Gasteiger partial charge in [-0.3, -0.25) is 14.2 Å². The number of aryl methyl sites for hydroxylation is 1. The van der Waals surface area contributed by atoms with Crippen LogP contribution in [-0.4, -0.2) is 38.6 Å². The first-order chi connectivity index (χ1) is 15.6. The molecule has 7 nitrogen and oxygen atoms in total. The summed E-state index contributed by atoms with van der Waals surface area (Å²) in [7, 11) is 0. The second-order valence-electron chi connectivity index (χ2n) is 9.53. The second-order valence-corrected chi connectivity index (χ2v) is 9.53. The van der Waals surface area contributed by atoms with Gasteiger partial charge in [0.1, 0.15) is 11.6 Å². The largest absolute Gasteiger partial charge is 0.360 e. The van der Waals surface area contributed by atoms with Crippen LogP contribution in [0.15, 0.2) is 51.8 Å². The molecule has 3 aliphatic rings. The zero-order valence-electron chi connectivity index (χ0n) is 18.0. The van der Waals surface area contributed by atoms with Crippen LogP contribution in [0, 0.1) is 5.41 Å². The maximum absolute atomic E-state index is 13.0. The van der Waals surface area contributed by atoms with Gasteiger partial charge in [0.15, 0.2) is 5.69 Å². The molecule has 3 aromatic rings. The van der Waals surface area contributed by atoms with Gasteiger partial charge in [0, 0.05) is 49.7 Å². The molecule has 164 valence electrons. The molecule has 1 atom stereocenters. The normalized spacial score (nSPS) is 22.7. The summed E-state index contributed by atoms with van der Waals surface area (Å²) in [6, 6.07) is 13.3. The number of amides is 1. The van der Waals surface area contributed by atoms with Crippen molar-refractivity contribution in [1.29, 1.82) is 0 Å². The second kappa shape index (κ2) is 7.43. The number of aromatic nitrogens is 3. The van der Waals surface area contributed by atoms with Crippen LogP contribution in [0.2, 0.25) is 0 Å². The molecule has 32 heavy (non-hydrogen) atoms. The summed E-state index contributed by atoms with van der Waals surface area (Å²) in [5.41, 5.74) is 2.14. The average molecular weight is 431 g/mol. The molecule has 0 N–H and O–H groups in total. The summed E-state index contributed by atoms with van der Waals surface area (Å²) in [5, 5.41) is 4.03. The zero-order valence-corrected chi connectivity index (χ0v) is 18.0. The zero-order chi connectivity index (χ0) is 21.7. The summed E-state index contributed by atoms with van der Waals surface area (Å²) in [5.74, 6) is 2.09. The van der Waals surface area contributed by atoms with E-state index < -0.39 is 0 Å². The van der Waals surface area contributed by atoms with E-state index in [9.17, 15) is 9.59 Å². The van der Waals surface area contributed by atoms with Crippen LogP contribution in [-0.2, 0) is 13.0 Å². The van der Waals surface area contributed by atoms with Crippen molar-refractivity contribution in [2.75, 3.05) is 13.1 Å². The minimum atomic E-state index is -0.0408. The van der Waals surface area contributed by atoms with E-state index in [0.29, 0.717) is 24.7 Å². The van der Waals surface area contributed by atoms with Crippen LogP contribution in [0.4, 0.5) is 0 Å². The quantitative estimate of drug-likeness (QED) is 0.634. The molecule has 1 aliphatic carbocycles. The van der Waals surface area contributed by atoms with E-state index in [1.807, 2.05) is 45.9 Å². The highest BCUT2D eigenvalue weighted by molar-refractivity contribution is 5.92. The number of hydrogen-bond acceptors (Lipinski definition) is 5. The standard InChI is InChI=1S/C25H26N4O3/c30-23-15-19(17-4-2-1-3-5-17)26-22-8-9-25(11-13-29(22)23)10-12-28(16-25)24(31)20-14-21(32-27-20)18-6-7-18/h1-5,14-15,18H,6-13,16H2. The molecule has 7 heteroatoms. The lowest BCUT2D eigenvalue weighted by atomic mass is 9.80. The fourth-order valence-corrected chi connectivity index (χ4v) is 5.22. The monoisotopic (exact) mass is 430 g/mol. The predicted octanol–water partition coefficient (Wildman–Crippen LogP) is 3.64. The van der Waals surface area contributed by atoms with Crippen molar-refractivity contribution in [2.24, 2.45) is 5.41 Å². The van der Waals surface area contributed by atoms with Gasteiger partial charge >= 0.3 is 0 Å². The molecule has 2 fully saturated rings. The van der Waals surface area contributed by atoms with Crippen LogP contribution in [0.5, 0.6) is 0 Å². The third kappa shape index (κ3) is 3.45. The van der Waals surface area contributed by atoms with Crippen LogP contribution >= 0.6 is 0 Å². The molecule has 1 amide bonds. The topological polar surface area (TPSA) is 81.2 Å². The molecule has 2 aromatic heterocycles. The molecular weight excluding hydrogens is 404 g/mol. The first-order valence-corrected chi connectivity index (χ1v) is 11.5. The molecule has 1 saturated carbocycles. The third-order valence-corrected chi connectivity index (χ3v) is 7.35. The Morgan fingerprint density at radius 2 is 1.88 bits per heavy atom. The maximum atomic E-state index is 13.0. The van der Waals surface area contributed by atoms with E-state index in [1.54, 1.807) is 6.07 Å². The fourth-order valence-electron chi connectivity index (χ4n) is 5.22. The van der Waals surface area contributed by atoms with Crippen molar-refractivity contribution in [3.63, 3.8) is 0 Å². The van der Waals surface area contributed by atoms with Gasteiger partial charge in [0.2, 0.25) is 0 Å². The highest BCUT2D eigenvalue weighted by Gasteiger charge is 2.42. The van der Waals surface area contributed by atoms with Crippen LogP contribution in [0.25, 0.3) is 11.3 Å². The average Bonchev–Trinajstić information content (AvgIpc) is 3.44. The molecule has 0 radical (unpaired) electrons. The molecule has 1 saturated heterocycles. The molecule has 6 rings (SSSR count). The van der Waals surface area contributed by atoms with E-state index in [1.165, 1.54) is 0 Å². The van der Waals surface area contributed by atoms with Gasteiger partial charge < -0.3 is 9.42 Å². The Balaban J connectivity index is 1.20. The number of hydrogen-bond donors (Lipinski definition) is 0. The highest BCUT2D eigenvalue weighted by atomic mass is 16.5. The van der Waals surface area contributed by atoms with Crippen molar-refractivity contribution in [3.8, 4) is 11.3 Å². The van der Waals surface area contributed by atoms with E-state index in [2.05, 4.69) is 5.16 Å². The molecule has 1 unspecified atom stereocenters. The van der Waals surface area contributed by atoms with Gasteiger partial charge in [0.05, 0.1) is 5.69 Å². The lowest BCUT2D eigenvalue weighted by molar-refractivity contribution is 0.0756.